The summed E-state index contributed by atoms with van der Waals surface area (Å²) in [5.41, 5.74) is 5.90. The molecule has 0 bridgehead atoms. The lowest BCUT2D eigenvalue weighted by Gasteiger charge is -2.28. The zero-order valence-electron chi connectivity index (χ0n) is 20.2. The van der Waals surface area contributed by atoms with Crippen LogP contribution in [0.3, 0.4) is 0 Å². The summed E-state index contributed by atoms with van der Waals surface area (Å²) in [4.78, 5) is 18.3. The van der Waals surface area contributed by atoms with Crippen LogP contribution < -0.4 is 15.0 Å². The van der Waals surface area contributed by atoms with Crippen LogP contribution in [-0.2, 0) is 0 Å². The highest BCUT2D eigenvalue weighted by Crippen LogP contribution is 2.44. The Labute approximate surface area is 215 Å². The number of ether oxygens (including phenoxy) is 1. The van der Waals surface area contributed by atoms with E-state index in [9.17, 15) is 9.90 Å². The minimum atomic E-state index is -0.954. The number of benzene rings is 2. The summed E-state index contributed by atoms with van der Waals surface area (Å²) in [7, 11) is 1.65. The predicted molar refractivity (Wildman–Crippen MR) is 143 cm³/mol. The molecule has 2 atom stereocenters. The van der Waals surface area contributed by atoms with Crippen molar-refractivity contribution < 1.29 is 14.6 Å². The highest BCUT2D eigenvalue weighted by atomic mass is 32.1. The maximum absolute atomic E-state index is 11.6. The van der Waals surface area contributed by atoms with E-state index in [1.807, 2.05) is 55.5 Å². The molecule has 1 fully saturated rings. The standard InChI is InChI=1S/C28H26N4O3S/c1-17-14-23(18(2)31(17)20-9-6-8-19(15-20)27(33)34)26-25(24-12-4-5-13-29-24)30-28(36)32(26)21-10-7-11-22(16-21)35-3/h4-16,25-26H,1-3H3,(H,30,36)(H,33,34)/t25-,26-/m0/s1. The van der Waals surface area contributed by atoms with Crippen LogP contribution in [0.2, 0.25) is 0 Å². The molecule has 36 heavy (non-hydrogen) atoms. The third-order valence-electron chi connectivity index (χ3n) is 6.57. The van der Waals surface area contributed by atoms with Gasteiger partial charge in [-0.05, 0) is 80.2 Å². The molecule has 8 heteroatoms. The van der Waals surface area contributed by atoms with Crippen LogP contribution in [0.4, 0.5) is 5.69 Å². The van der Waals surface area contributed by atoms with Gasteiger partial charge in [-0.1, -0.05) is 18.2 Å². The Kier molecular flexibility index (Phi) is 6.20. The molecule has 2 aromatic heterocycles. The second kappa shape index (κ2) is 9.47. The van der Waals surface area contributed by atoms with Gasteiger partial charge in [0.15, 0.2) is 5.11 Å². The lowest BCUT2D eigenvalue weighted by molar-refractivity contribution is 0.0697. The number of carboxylic acid groups (broad SMARTS) is 1. The number of rotatable bonds is 6. The summed E-state index contributed by atoms with van der Waals surface area (Å²) in [5, 5.41) is 13.6. The van der Waals surface area contributed by atoms with Crippen LogP contribution in [0, 0.1) is 13.8 Å². The van der Waals surface area contributed by atoms with Crippen molar-refractivity contribution in [2.24, 2.45) is 0 Å². The number of carbonyl (C=O) groups is 1. The molecule has 0 aliphatic carbocycles. The number of aryl methyl sites for hydroxylation is 1. The average molecular weight is 499 g/mol. The van der Waals surface area contributed by atoms with Gasteiger partial charge < -0.3 is 24.6 Å². The van der Waals surface area contributed by atoms with Gasteiger partial charge >= 0.3 is 5.97 Å². The Balaban J connectivity index is 1.68. The fraction of sp³-hybridized carbons (Fsp3) is 0.179. The van der Waals surface area contributed by atoms with E-state index >= 15 is 0 Å². The minimum absolute atomic E-state index is 0.191. The first-order valence-corrected chi connectivity index (χ1v) is 12.0. The molecule has 182 valence electrons. The second-order valence-electron chi connectivity index (χ2n) is 8.72. The Morgan fingerprint density at radius 3 is 2.53 bits per heavy atom. The lowest BCUT2D eigenvalue weighted by atomic mass is 9.96. The van der Waals surface area contributed by atoms with Crippen LogP contribution in [0.5, 0.6) is 5.75 Å². The maximum Gasteiger partial charge on any atom is 0.335 e. The van der Waals surface area contributed by atoms with E-state index in [4.69, 9.17) is 17.0 Å². The predicted octanol–water partition coefficient (Wildman–Crippen LogP) is 5.37. The first kappa shape index (κ1) is 23.6. The summed E-state index contributed by atoms with van der Waals surface area (Å²) < 4.78 is 7.57. The van der Waals surface area contributed by atoms with Crippen molar-refractivity contribution in [1.82, 2.24) is 14.9 Å². The molecule has 7 nitrogen and oxygen atoms in total. The number of hydrogen-bond acceptors (Lipinski definition) is 4. The molecule has 0 spiro atoms. The zero-order chi connectivity index (χ0) is 25.4. The zero-order valence-corrected chi connectivity index (χ0v) is 21.0. The third kappa shape index (κ3) is 4.09. The number of methoxy groups -OCH3 is 1. The normalized spacial score (nSPS) is 17.2. The molecule has 1 aliphatic rings. The van der Waals surface area contributed by atoms with E-state index in [2.05, 4.69) is 32.8 Å². The van der Waals surface area contributed by atoms with Gasteiger partial charge in [-0.15, -0.1) is 0 Å². The van der Waals surface area contributed by atoms with Crippen molar-refractivity contribution in [3.63, 3.8) is 0 Å². The van der Waals surface area contributed by atoms with E-state index < -0.39 is 5.97 Å². The summed E-state index contributed by atoms with van der Waals surface area (Å²) in [5.74, 6) is -0.212. The van der Waals surface area contributed by atoms with Gasteiger partial charge in [-0.3, -0.25) is 4.98 Å². The highest BCUT2D eigenvalue weighted by Gasteiger charge is 2.42. The van der Waals surface area contributed by atoms with Crippen molar-refractivity contribution >= 4 is 29.0 Å². The molecule has 1 saturated heterocycles. The third-order valence-corrected chi connectivity index (χ3v) is 6.88. The van der Waals surface area contributed by atoms with Crippen molar-refractivity contribution in [2.45, 2.75) is 25.9 Å². The van der Waals surface area contributed by atoms with Crippen LogP contribution in [-0.4, -0.2) is 32.8 Å². The molecular formula is C28H26N4O3S. The highest BCUT2D eigenvalue weighted by molar-refractivity contribution is 7.80. The number of pyridine rings is 1. The van der Waals surface area contributed by atoms with E-state index in [0.717, 1.165) is 39.8 Å². The molecule has 5 rings (SSSR count). The largest absolute Gasteiger partial charge is 0.497 e. The number of aromatic carboxylic acids is 1. The average Bonchev–Trinajstić information content (AvgIpc) is 3.39. The lowest BCUT2D eigenvalue weighted by Crippen LogP contribution is -2.29. The Morgan fingerprint density at radius 1 is 1.03 bits per heavy atom. The molecule has 0 saturated carbocycles. The van der Waals surface area contributed by atoms with Gasteiger partial charge in [0.2, 0.25) is 0 Å². The summed E-state index contributed by atoms with van der Waals surface area (Å²) in [6.45, 7) is 4.08. The molecule has 0 amide bonds. The van der Waals surface area contributed by atoms with Crippen molar-refractivity contribution in [3.8, 4) is 11.4 Å². The summed E-state index contributed by atoms with van der Waals surface area (Å²) >= 11 is 5.85. The Morgan fingerprint density at radius 2 is 1.81 bits per heavy atom. The van der Waals surface area contributed by atoms with Crippen LogP contribution in [0.15, 0.2) is 79.0 Å². The van der Waals surface area contributed by atoms with Gasteiger partial charge in [-0.25, -0.2) is 4.79 Å². The summed E-state index contributed by atoms with van der Waals surface area (Å²) in [6.07, 6.45) is 1.78. The Bertz CT molecular complexity index is 1450. The van der Waals surface area contributed by atoms with E-state index in [-0.39, 0.29) is 17.6 Å². The smallest absolute Gasteiger partial charge is 0.335 e. The molecule has 0 radical (unpaired) electrons. The van der Waals surface area contributed by atoms with E-state index in [0.29, 0.717) is 5.11 Å². The number of anilines is 1. The van der Waals surface area contributed by atoms with Gasteiger partial charge in [0, 0.05) is 35.0 Å². The van der Waals surface area contributed by atoms with Crippen molar-refractivity contribution in [3.05, 3.63) is 107 Å². The second-order valence-corrected chi connectivity index (χ2v) is 9.10. The van der Waals surface area contributed by atoms with Crippen LogP contribution in [0.25, 0.3) is 5.69 Å². The molecule has 2 N–H and O–H groups in total. The SMILES string of the molecule is COc1cccc(N2C(=S)N[C@@H](c3ccccn3)[C@@H]2c2cc(C)n(-c3cccc(C(=O)O)c3)c2C)c1. The van der Waals surface area contributed by atoms with Gasteiger partial charge in [0.1, 0.15) is 5.75 Å². The fourth-order valence-electron chi connectivity index (χ4n) is 4.97. The van der Waals surface area contributed by atoms with Crippen molar-refractivity contribution in [1.29, 1.82) is 0 Å². The summed E-state index contributed by atoms with van der Waals surface area (Å²) in [6, 6.07) is 22.4. The number of thiocarbonyl (C=S) groups is 1. The van der Waals surface area contributed by atoms with Gasteiger partial charge in [-0.2, -0.15) is 0 Å². The topological polar surface area (TPSA) is 79.6 Å². The molecular weight excluding hydrogens is 472 g/mol. The quantitative estimate of drug-likeness (QED) is 0.346. The Hall–Kier alpha value is -4.17. The molecule has 1 aliphatic heterocycles. The number of hydrogen-bond donors (Lipinski definition) is 2. The van der Waals surface area contributed by atoms with E-state index in [1.54, 1.807) is 31.5 Å². The molecule has 0 unspecified atom stereocenters. The maximum atomic E-state index is 11.6. The number of carboxylic acids is 1. The molecule has 2 aromatic carbocycles. The minimum Gasteiger partial charge on any atom is -0.497 e. The molecule has 4 aromatic rings. The van der Waals surface area contributed by atoms with Crippen LogP contribution in [0.1, 0.15) is 45.1 Å². The van der Waals surface area contributed by atoms with E-state index in [1.165, 1.54) is 0 Å². The monoisotopic (exact) mass is 498 g/mol. The molecule has 3 heterocycles. The van der Waals surface area contributed by atoms with Gasteiger partial charge in [0.05, 0.1) is 30.5 Å². The first-order chi connectivity index (χ1) is 17.4. The van der Waals surface area contributed by atoms with Crippen molar-refractivity contribution in [2.75, 3.05) is 12.0 Å². The fourth-order valence-corrected chi connectivity index (χ4v) is 5.32. The number of nitrogens with one attached hydrogen (secondary N) is 1. The van der Waals surface area contributed by atoms with Crippen LogP contribution >= 0.6 is 12.2 Å². The first-order valence-electron chi connectivity index (χ1n) is 11.6. The van der Waals surface area contributed by atoms with Gasteiger partial charge in [0.25, 0.3) is 0 Å². The number of aromatic nitrogens is 2. The number of nitrogens with zero attached hydrogens (tertiary/aromatic N) is 3.